The summed E-state index contributed by atoms with van der Waals surface area (Å²) in [7, 11) is 0. The van der Waals surface area contributed by atoms with E-state index in [0.717, 1.165) is 25.1 Å². The van der Waals surface area contributed by atoms with Crippen molar-refractivity contribution in [2.75, 3.05) is 0 Å². The molecule has 1 aromatic rings. The van der Waals surface area contributed by atoms with Gasteiger partial charge in [0.25, 0.3) is 6.43 Å². The Balaban J connectivity index is 3.19. The lowest BCUT2D eigenvalue weighted by Crippen LogP contribution is -2.30. The Morgan fingerprint density at radius 1 is 1.43 bits per heavy atom. The van der Waals surface area contributed by atoms with Crippen LogP contribution in [0, 0.1) is 5.82 Å². The Labute approximate surface area is 87.7 Å². The van der Waals surface area contributed by atoms with Gasteiger partial charge >= 0.3 is 0 Å². The predicted molar refractivity (Wildman–Crippen MR) is 49.7 cm³/mol. The number of halogens is 4. The average Bonchev–Trinajstić information content (AvgIpc) is 2.02. The third-order valence-corrected chi connectivity index (χ3v) is 2.56. The van der Waals surface area contributed by atoms with E-state index in [9.17, 15) is 18.3 Å². The van der Waals surface area contributed by atoms with Crippen molar-refractivity contribution < 1.29 is 18.3 Å². The molecule has 0 amide bonds. The molecule has 1 nitrogen and oxygen atoms in total. The highest BCUT2D eigenvalue weighted by molar-refractivity contribution is 9.10. The average molecular weight is 269 g/mol. The normalized spacial score (nSPS) is 15.6. The molecule has 14 heavy (non-hydrogen) atoms. The van der Waals surface area contributed by atoms with E-state index < -0.39 is 17.8 Å². The van der Waals surface area contributed by atoms with Gasteiger partial charge in [0.05, 0.1) is 0 Å². The molecule has 5 heteroatoms. The van der Waals surface area contributed by atoms with Gasteiger partial charge < -0.3 is 5.11 Å². The number of hydrogen-bond acceptors (Lipinski definition) is 1. The van der Waals surface area contributed by atoms with Crippen LogP contribution < -0.4 is 0 Å². The molecule has 1 rings (SSSR count). The fourth-order valence-electron chi connectivity index (χ4n) is 1.02. The summed E-state index contributed by atoms with van der Waals surface area (Å²) in [5, 5.41) is 9.43. The first-order valence-corrected chi connectivity index (χ1v) is 4.61. The van der Waals surface area contributed by atoms with Gasteiger partial charge in [0.1, 0.15) is 11.4 Å². The minimum Gasteiger partial charge on any atom is -0.379 e. The molecule has 78 valence electrons. The Kier molecular flexibility index (Phi) is 3.21. The lowest BCUT2D eigenvalue weighted by atomic mass is 9.97. The summed E-state index contributed by atoms with van der Waals surface area (Å²) in [6, 6.07) is 3.19. The number of aliphatic hydroxyl groups is 1. The second-order valence-electron chi connectivity index (χ2n) is 3.07. The maximum Gasteiger partial charge on any atom is 0.270 e. The Bertz CT molecular complexity index is 339. The lowest BCUT2D eigenvalue weighted by molar-refractivity contribution is -0.0888. The summed E-state index contributed by atoms with van der Waals surface area (Å²) in [6.45, 7) is 0.982. The zero-order valence-corrected chi connectivity index (χ0v) is 8.85. The number of benzene rings is 1. The van der Waals surface area contributed by atoms with E-state index in [1.54, 1.807) is 0 Å². The molecule has 0 bridgehead atoms. The Morgan fingerprint density at radius 3 is 2.43 bits per heavy atom. The SMILES string of the molecule is CC(O)(c1ccc(F)cc1Br)C(F)F. The summed E-state index contributed by atoms with van der Waals surface area (Å²) >= 11 is 2.92. The molecular formula is C9H8BrF3O. The highest BCUT2D eigenvalue weighted by Gasteiger charge is 2.35. The van der Waals surface area contributed by atoms with Gasteiger partial charge in [-0.2, -0.15) is 0 Å². The Hall–Kier alpha value is -0.550. The highest BCUT2D eigenvalue weighted by Crippen LogP contribution is 2.33. The third kappa shape index (κ3) is 2.09. The van der Waals surface area contributed by atoms with Crippen LogP contribution in [-0.4, -0.2) is 11.5 Å². The van der Waals surface area contributed by atoms with Gasteiger partial charge in [0.2, 0.25) is 0 Å². The maximum absolute atomic E-state index is 12.6. The van der Waals surface area contributed by atoms with Gasteiger partial charge in [-0.1, -0.05) is 22.0 Å². The fourth-order valence-corrected chi connectivity index (χ4v) is 1.77. The van der Waals surface area contributed by atoms with E-state index in [0.29, 0.717) is 0 Å². The number of rotatable bonds is 2. The first-order chi connectivity index (χ1) is 6.35. The summed E-state index contributed by atoms with van der Waals surface area (Å²) in [6.07, 6.45) is -2.93. The van der Waals surface area contributed by atoms with Crippen LogP contribution in [0.15, 0.2) is 22.7 Å². The van der Waals surface area contributed by atoms with Crippen molar-refractivity contribution >= 4 is 15.9 Å². The van der Waals surface area contributed by atoms with Crippen molar-refractivity contribution in [3.05, 3.63) is 34.1 Å². The first-order valence-electron chi connectivity index (χ1n) is 3.81. The van der Waals surface area contributed by atoms with Crippen molar-refractivity contribution in [2.45, 2.75) is 19.0 Å². The van der Waals surface area contributed by atoms with Crippen LogP contribution in [0.3, 0.4) is 0 Å². The predicted octanol–water partition coefficient (Wildman–Crippen LogP) is 3.06. The molecule has 0 spiro atoms. The largest absolute Gasteiger partial charge is 0.379 e. The summed E-state index contributed by atoms with van der Waals surface area (Å²) < 4.78 is 37.6. The molecule has 0 saturated carbocycles. The van der Waals surface area contributed by atoms with Crippen molar-refractivity contribution in [3.8, 4) is 0 Å². The van der Waals surface area contributed by atoms with Crippen molar-refractivity contribution in [2.24, 2.45) is 0 Å². The smallest absolute Gasteiger partial charge is 0.270 e. The van der Waals surface area contributed by atoms with Gasteiger partial charge in [-0.15, -0.1) is 0 Å². The molecule has 0 aliphatic carbocycles. The molecule has 0 heterocycles. The molecule has 0 aromatic heterocycles. The summed E-state index contributed by atoms with van der Waals surface area (Å²) in [4.78, 5) is 0. The second-order valence-corrected chi connectivity index (χ2v) is 3.93. The molecule has 0 aliphatic rings. The minimum absolute atomic E-state index is 0.0334. The van der Waals surface area contributed by atoms with E-state index >= 15 is 0 Å². The lowest BCUT2D eigenvalue weighted by Gasteiger charge is -2.23. The monoisotopic (exact) mass is 268 g/mol. The van der Waals surface area contributed by atoms with Crippen LogP contribution in [0.25, 0.3) is 0 Å². The molecule has 1 atom stereocenters. The Morgan fingerprint density at radius 2 is 2.00 bits per heavy atom. The minimum atomic E-state index is -2.93. The first kappa shape index (κ1) is 11.5. The van der Waals surface area contributed by atoms with Gasteiger partial charge in [0.15, 0.2) is 0 Å². The molecule has 0 saturated heterocycles. The molecule has 0 radical (unpaired) electrons. The second kappa shape index (κ2) is 3.90. The van der Waals surface area contributed by atoms with E-state index in [1.165, 1.54) is 0 Å². The van der Waals surface area contributed by atoms with Crippen LogP contribution in [0.5, 0.6) is 0 Å². The molecule has 1 N–H and O–H groups in total. The van der Waals surface area contributed by atoms with Crippen LogP contribution in [0.1, 0.15) is 12.5 Å². The number of hydrogen-bond donors (Lipinski definition) is 1. The standard InChI is InChI=1S/C9H8BrF3O/c1-9(14,8(12)13)6-3-2-5(11)4-7(6)10/h2-4,8,14H,1H3. The number of alkyl halides is 2. The zero-order chi connectivity index (χ0) is 10.9. The maximum atomic E-state index is 12.6. The van der Waals surface area contributed by atoms with E-state index in [1.807, 2.05) is 0 Å². The van der Waals surface area contributed by atoms with Gasteiger partial charge in [0, 0.05) is 10.0 Å². The van der Waals surface area contributed by atoms with Crippen molar-refractivity contribution in [1.29, 1.82) is 0 Å². The van der Waals surface area contributed by atoms with Crippen LogP contribution >= 0.6 is 15.9 Å². The van der Waals surface area contributed by atoms with Gasteiger partial charge in [-0.25, -0.2) is 13.2 Å². The van der Waals surface area contributed by atoms with Crippen molar-refractivity contribution in [1.82, 2.24) is 0 Å². The summed E-state index contributed by atoms with van der Waals surface area (Å²) in [5.74, 6) is -0.550. The van der Waals surface area contributed by atoms with E-state index in [-0.39, 0.29) is 10.0 Å². The third-order valence-electron chi connectivity index (χ3n) is 1.90. The van der Waals surface area contributed by atoms with Crippen LogP contribution in [-0.2, 0) is 5.60 Å². The molecule has 1 unspecified atom stereocenters. The van der Waals surface area contributed by atoms with Crippen LogP contribution in [0.4, 0.5) is 13.2 Å². The van der Waals surface area contributed by atoms with Crippen LogP contribution in [0.2, 0.25) is 0 Å². The quantitative estimate of drug-likeness (QED) is 0.874. The molecule has 0 fully saturated rings. The highest BCUT2D eigenvalue weighted by atomic mass is 79.9. The molecule has 0 aliphatic heterocycles. The summed E-state index contributed by atoms with van der Waals surface area (Å²) in [5.41, 5.74) is -2.30. The fraction of sp³-hybridized carbons (Fsp3) is 0.333. The van der Waals surface area contributed by atoms with E-state index in [2.05, 4.69) is 15.9 Å². The molecule has 1 aromatic carbocycles. The van der Waals surface area contributed by atoms with Gasteiger partial charge in [-0.05, 0) is 19.1 Å². The topological polar surface area (TPSA) is 20.2 Å². The molecular weight excluding hydrogens is 261 g/mol. The van der Waals surface area contributed by atoms with Crippen molar-refractivity contribution in [3.63, 3.8) is 0 Å². The zero-order valence-electron chi connectivity index (χ0n) is 7.27. The van der Waals surface area contributed by atoms with Gasteiger partial charge in [-0.3, -0.25) is 0 Å². The van der Waals surface area contributed by atoms with E-state index in [4.69, 9.17) is 0 Å².